The molecule has 5 heteroatoms. The Hall–Kier alpha value is -1.85. The van der Waals surface area contributed by atoms with Crippen molar-refractivity contribution >= 4 is 43.1 Å². The van der Waals surface area contributed by atoms with Crippen molar-refractivity contribution in [2.75, 3.05) is 0 Å². The molecule has 0 aliphatic rings. The Balaban J connectivity index is 0.000000121. The van der Waals surface area contributed by atoms with Gasteiger partial charge in [0.15, 0.2) is 0 Å². The van der Waals surface area contributed by atoms with Crippen molar-refractivity contribution in [3.05, 3.63) is 52.7 Å². The Kier molecular flexibility index (Phi) is 3.71. The van der Waals surface area contributed by atoms with Gasteiger partial charge in [0.05, 0.1) is 36.6 Å². The standard InChI is InChI=1S/C8H7NS.C7H6N2S/c1-6-9-7-4-2-3-5-8(7)10-6;1-5-9-6-4-8-3-2-7(6)10-5/h2-5H,1H3;2-4H,1H3. The Morgan fingerprint density at radius 3 is 2.15 bits per heavy atom. The van der Waals surface area contributed by atoms with Crippen LogP contribution >= 0.6 is 22.7 Å². The molecule has 0 aliphatic heterocycles. The van der Waals surface area contributed by atoms with Crippen LogP contribution in [0.2, 0.25) is 0 Å². The van der Waals surface area contributed by atoms with E-state index >= 15 is 0 Å². The zero-order valence-corrected chi connectivity index (χ0v) is 12.8. The Morgan fingerprint density at radius 1 is 0.800 bits per heavy atom. The molecule has 20 heavy (non-hydrogen) atoms. The third kappa shape index (κ3) is 2.84. The minimum atomic E-state index is 1.00. The highest BCUT2D eigenvalue weighted by Crippen LogP contribution is 2.20. The molecule has 0 atom stereocenters. The lowest BCUT2D eigenvalue weighted by atomic mass is 10.3. The number of rotatable bonds is 0. The molecule has 0 aliphatic carbocycles. The van der Waals surface area contributed by atoms with Crippen molar-refractivity contribution < 1.29 is 0 Å². The van der Waals surface area contributed by atoms with Gasteiger partial charge < -0.3 is 0 Å². The molecule has 3 nitrogen and oxygen atoms in total. The summed E-state index contributed by atoms with van der Waals surface area (Å²) < 4.78 is 2.49. The van der Waals surface area contributed by atoms with E-state index in [4.69, 9.17) is 0 Å². The SMILES string of the molecule is Cc1nc2ccccc2s1.Cc1nc2cnccc2s1. The van der Waals surface area contributed by atoms with Gasteiger partial charge in [-0.1, -0.05) is 12.1 Å². The summed E-state index contributed by atoms with van der Waals surface area (Å²) >= 11 is 3.44. The van der Waals surface area contributed by atoms with E-state index in [0.29, 0.717) is 0 Å². The molecule has 0 bridgehead atoms. The van der Waals surface area contributed by atoms with E-state index < -0.39 is 0 Å². The van der Waals surface area contributed by atoms with Gasteiger partial charge in [-0.05, 0) is 32.0 Å². The molecule has 0 spiro atoms. The second kappa shape index (κ2) is 5.64. The minimum absolute atomic E-state index is 1.00. The summed E-state index contributed by atoms with van der Waals surface area (Å²) in [6, 6.07) is 10.2. The number of aromatic nitrogens is 3. The highest BCUT2D eigenvalue weighted by atomic mass is 32.1. The van der Waals surface area contributed by atoms with Gasteiger partial charge in [-0.2, -0.15) is 0 Å². The first-order valence-electron chi connectivity index (χ1n) is 6.22. The molecular weight excluding hydrogens is 286 g/mol. The number of fused-ring (bicyclic) bond motifs is 2. The monoisotopic (exact) mass is 299 g/mol. The van der Waals surface area contributed by atoms with Gasteiger partial charge in [0.1, 0.15) is 0 Å². The number of pyridine rings is 1. The fourth-order valence-corrected chi connectivity index (χ4v) is 3.50. The molecule has 0 unspecified atom stereocenters. The topological polar surface area (TPSA) is 38.7 Å². The predicted molar refractivity (Wildman–Crippen MR) is 86.5 cm³/mol. The van der Waals surface area contributed by atoms with Crippen LogP contribution in [0.25, 0.3) is 20.4 Å². The largest absolute Gasteiger partial charge is 0.262 e. The van der Waals surface area contributed by atoms with E-state index in [0.717, 1.165) is 21.0 Å². The summed E-state index contributed by atoms with van der Waals surface area (Å²) in [5, 5.41) is 2.24. The average molecular weight is 299 g/mol. The van der Waals surface area contributed by atoms with E-state index in [1.54, 1.807) is 35.1 Å². The van der Waals surface area contributed by atoms with Crippen LogP contribution in [-0.4, -0.2) is 15.0 Å². The first-order chi connectivity index (χ1) is 9.72. The number of benzene rings is 1. The van der Waals surface area contributed by atoms with Crippen LogP contribution in [0.1, 0.15) is 10.0 Å². The molecule has 4 rings (SSSR count). The Bertz CT molecular complexity index is 710. The maximum Gasteiger partial charge on any atom is 0.0998 e. The van der Waals surface area contributed by atoms with Crippen LogP contribution in [0.3, 0.4) is 0 Å². The number of aryl methyl sites for hydroxylation is 2. The second-order valence-corrected chi connectivity index (χ2v) is 6.75. The normalized spacial score (nSPS) is 10.5. The van der Waals surface area contributed by atoms with Crippen molar-refractivity contribution in [1.29, 1.82) is 0 Å². The van der Waals surface area contributed by atoms with E-state index in [9.17, 15) is 0 Å². The zero-order chi connectivity index (χ0) is 13.9. The third-order valence-electron chi connectivity index (χ3n) is 2.70. The van der Waals surface area contributed by atoms with Crippen molar-refractivity contribution in [3.63, 3.8) is 0 Å². The van der Waals surface area contributed by atoms with E-state index in [1.807, 2.05) is 38.1 Å². The zero-order valence-electron chi connectivity index (χ0n) is 11.2. The lowest BCUT2D eigenvalue weighted by Gasteiger charge is -1.80. The smallest absolute Gasteiger partial charge is 0.0998 e. The van der Waals surface area contributed by atoms with Gasteiger partial charge in [-0.15, -0.1) is 22.7 Å². The summed E-state index contributed by atoms with van der Waals surface area (Å²) in [6.07, 6.45) is 3.58. The molecule has 4 aromatic rings. The van der Waals surface area contributed by atoms with Gasteiger partial charge >= 0.3 is 0 Å². The van der Waals surface area contributed by atoms with E-state index in [1.165, 1.54) is 9.40 Å². The third-order valence-corrected chi connectivity index (χ3v) is 4.60. The molecule has 0 saturated carbocycles. The number of nitrogens with zero attached hydrogens (tertiary/aromatic N) is 3. The maximum atomic E-state index is 4.33. The van der Waals surface area contributed by atoms with Crippen LogP contribution in [-0.2, 0) is 0 Å². The van der Waals surface area contributed by atoms with E-state index in [-0.39, 0.29) is 0 Å². The van der Waals surface area contributed by atoms with Crippen LogP contribution < -0.4 is 0 Å². The number of hydrogen-bond donors (Lipinski definition) is 0. The molecule has 0 radical (unpaired) electrons. The molecule has 0 amide bonds. The van der Waals surface area contributed by atoms with Gasteiger partial charge in [0.2, 0.25) is 0 Å². The lowest BCUT2D eigenvalue weighted by Crippen LogP contribution is -1.69. The van der Waals surface area contributed by atoms with Crippen LogP contribution in [0, 0.1) is 13.8 Å². The minimum Gasteiger partial charge on any atom is -0.262 e. The molecule has 3 aromatic heterocycles. The second-order valence-electron chi connectivity index (χ2n) is 4.28. The van der Waals surface area contributed by atoms with Gasteiger partial charge in [0, 0.05) is 6.20 Å². The summed E-state index contributed by atoms with van der Waals surface area (Å²) in [6.45, 7) is 4.04. The van der Waals surface area contributed by atoms with Crippen molar-refractivity contribution in [1.82, 2.24) is 15.0 Å². The number of para-hydroxylation sites is 1. The fourth-order valence-electron chi connectivity index (χ4n) is 1.88. The predicted octanol–water partition coefficient (Wildman–Crippen LogP) is 4.60. The number of hydrogen-bond acceptors (Lipinski definition) is 5. The summed E-state index contributed by atoms with van der Waals surface area (Å²) in [7, 11) is 0. The van der Waals surface area contributed by atoms with Crippen LogP contribution in [0.4, 0.5) is 0 Å². The molecule has 100 valence electrons. The van der Waals surface area contributed by atoms with Gasteiger partial charge in [-0.3, -0.25) is 4.98 Å². The number of thiazole rings is 2. The van der Waals surface area contributed by atoms with Crippen molar-refractivity contribution in [2.45, 2.75) is 13.8 Å². The van der Waals surface area contributed by atoms with E-state index in [2.05, 4.69) is 21.0 Å². The quantitative estimate of drug-likeness (QED) is 0.476. The van der Waals surface area contributed by atoms with Gasteiger partial charge in [0.25, 0.3) is 0 Å². The summed E-state index contributed by atoms with van der Waals surface area (Å²) in [5.74, 6) is 0. The molecule has 0 saturated heterocycles. The molecule has 0 fully saturated rings. The average Bonchev–Trinajstić information content (AvgIpc) is 2.99. The fraction of sp³-hybridized carbons (Fsp3) is 0.133. The molecule has 1 aromatic carbocycles. The highest BCUT2D eigenvalue weighted by Gasteiger charge is 1.96. The van der Waals surface area contributed by atoms with Crippen molar-refractivity contribution in [3.8, 4) is 0 Å². The molecular formula is C15H13N3S2. The highest BCUT2D eigenvalue weighted by molar-refractivity contribution is 7.18. The summed E-state index contributed by atoms with van der Waals surface area (Å²) in [4.78, 5) is 12.6. The molecule has 0 N–H and O–H groups in total. The van der Waals surface area contributed by atoms with Gasteiger partial charge in [-0.25, -0.2) is 9.97 Å². The van der Waals surface area contributed by atoms with Crippen molar-refractivity contribution in [2.24, 2.45) is 0 Å². The Morgan fingerprint density at radius 2 is 1.45 bits per heavy atom. The first kappa shape index (κ1) is 13.1. The first-order valence-corrected chi connectivity index (χ1v) is 7.85. The summed E-state index contributed by atoms with van der Waals surface area (Å²) in [5.41, 5.74) is 2.12. The van der Waals surface area contributed by atoms with Crippen LogP contribution in [0.5, 0.6) is 0 Å². The Labute approximate surface area is 125 Å². The van der Waals surface area contributed by atoms with Crippen LogP contribution in [0.15, 0.2) is 42.7 Å². The maximum absolute atomic E-state index is 4.33. The lowest BCUT2D eigenvalue weighted by molar-refractivity contribution is 1.30. The molecule has 3 heterocycles.